The van der Waals surface area contributed by atoms with Crippen molar-refractivity contribution in [3.8, 4) is 0 Å². The van der Waals surface area contributed by atoms with Gasteiger partial charge < -0.3 is 10.0 Å². The summed E-state index contributed by atoms with van der Waals surface area (Å²) in [6.07, 6.45) is 4.04. The van der Waals surface area contributed by atoms with Gasteiger partial charge in [0, 0.05) is 17.2 Å². The largest absolute Gasteiger partial charge is 0.503 e. The number of para-hydroxylation sites is 1. The Balaban J connectivity index is 2.18. The molecule has 1 aromatic carbocycles. The van der Waals surface area contributed by atoms with Gasteiger partial charge >= 0.3 is 0 Å². The highest BCUT2D eigenvalue weighted by Crippen LogP contribution is 2.42. The molecule has 1 aromatic heterocycles. The van der Waals surface area contributed by atoms with Gasteiger partial charge in [-0.15, -0.1) is 0 Å². The minimum absolute atomic E-state index is 0.319. The highest BCUT2D eigenvalue weighted by molar-refractivity contribution is 5.99. The van der Waals surface area contributed by atoms with Crippen molar-refractivity contribution in [3.05, 3.63) is 53.4 Å². The SMILES string of the molecule is CCCCC(C(=O)NO)N1C(=O)C(O)=C(CC)C1c1ccnc2ccccc12. The van der Waals surface area contributed by atoms with Gasteiger partial charge in [-0.2, -0.15) is 0 Å². The second-order valence-electron chi connectivity index (χ2n) is 6.89. The molecule has 2 aromatic rings. The molecule has 0 spiro atoms. The summed E-state index contributed by atoms with van der Waals surface area (Å²) in [5, 5.41) is 20.6. The van der Waals surface area contributed by atoms with Gasteiger partial charge in [0.2, 0.25) is 0 Å². The standard InChI is InChI=1S/C21H25N3O4/c1-3-5-10-17(20(26)23-28)24-18(13(4-2)19(25)21(24)27)15-11-12-22-16-9-7-6-8-14(15)16/h6-9,11-12,17-18,25,28H,3-5,10H2,1-2H3,(H,23,26). The van der Waals surface area contributed by atoms with Crippen LogP contribution in [0.25, 0.3) is 10.9 Å². The van der Waals surface area contributed by atoms with Crippen molar-refractivity contribution in [1.29, 1.82) is 0 Å². The molecule has 1 aliphatic rings. The van der Waals surface area contributed by atoms with Crippen molar-refractivity contribution in [2.45, 2.75) is 51.6 Å². The molecular weight excluding hydrogens is 358 g/mol. The monoisotopic (exact) mass is 383 g/mol. The van der Waals surface area contributed by atoms with Crippen molar-refractivity contribution in [2.24, 2.45) is 0 Å². The number of fused-ring (bicyclic) bond motifs is 1. The Morgan fingerprint density at radius 2 is 2.04 bits per heavy atom. The molecule has 148 valence electrons. The highest BCUT2D eigenvalue weighted by atomic mass is 16.5. The number of benzene rings is 1. The minimum Gasteiger partial charge on any atom is -0.503 e. The second-order valence-corrected chi connectivity index (χ2v) is 6.89. The molecule has 0 aliphatic carbocycles. The van der Waals surface area contributed by atoms with Crippen molar-refractivity contribution < 1.29 is 19.9 Å². The van der Waals surface area contributed by atoms with Gasteiger partial charge in [0.05, 0.1) is 11.6 Å². The molecule has 2 unspecified atom stereocenters. The average molecular weight is 383 g/mol. The molecule has 1 aliphatic heterocycles. The predicted molar refractivity (Wildman–Crippen MR) is 105 cm³/mol. The van der Waals surface area contributed by atoms with E-state index in [1.165, 1.54) is 4.90 Å². The Bertz CT molecular complexity index is 920. The molecule has 0 saturated heterocycles. The van der Waals surface area contributed by atoms with E-state index < -0.39 is 23.9 Å². The number of nitrogens with one attached hydrogen (secondary N) is 1. The Kier molecular flexibility index (Phi) is 5.94. The van der Waals surface area contributed by atoms with Crippen LogP contribution in [0.2, 0.25) is 0 Å². The number of hydroxylamine groups is 1. The minimum atomic E-state index is -0.888. The molecule has 2 heterocycles. The Morgan fingerprint density at radius 3 is 2.71 bits per heavy atom. The van der Waals surface area contributed by atoms with E-state index in [9.17, 15) is 19.9 Å². The van der Waals surface area contributed by atoms with E-state index >= 15 is 0 Å². The lowest BCUT2D eigenvalue weighted by molar-refractivity contribution is -0.144. The number of aliphatic hydroxyl groups excluding tert-OH is 1. The van der Waals surface area contributed by atoms with E-state index in [0.29, 0.717) is 24.8 Å². The summed E-state index contributed by atoms with van der Waals surface area (Å²) in [5.41, 5.74) is 3.81. The third-order valence-corrected chi connectivity index (χ3v) is 5.29. The molecule has 2 atom stereocenters. The maximum absolute atomic E-state index is 13.0. The molecule has 0 fully saturated rings. The maximum atomic E-state index is 13.0. The van der Waals surface area contributed by atoms with E-state index in [-0.39, 0.29) is 5.76 Å². The molecule has 0 bridgehead atoms. The zero-order chi connectivity index (χ0) is 20.3. The van der Waals surface area contributed by atoms with Crippen LogP contribution in [0.4, 0.5) is 0 Å². The van der Waals surface area contributed by atoms with E-state index in [4.69, 9.17) is 0 Å². The van der Waals surface area contributed by atoms with E-state index in [0.717, 1.165) is 22.9 Å². The van der Waals surface area contributed by atoms with Gasteiger partial charge in [-0.05, 0) is 30.5 Å². The second kappa shape index (κ2) is 8.39. The first-order chi connectivity index (χ1) is 13.5. The quantitative estimate of drug-likeness (QED) is 0.502. The molecule has 3 rings (SSSR count). The van der Waals surface area contributed by atoms with Gasteiger partial charge in [-0.3, -0.25) is 19.8 Å². The predicted octanol–water partition coefficient (Wildman–Crippen LogP) is 3.40. The van der Waals surface area contributed by atoms with Gasteiger partial charge in [-0.1, -0.05) is 44.9 Å². The van der Waals surface area contributed by atoms with E-state index in [1.54, 1.807) is 11.7 Å². The van der Waals surface area contributed by atoms with Crippen LogP contribution in [0, 0.1) is 0 Å². The number of carbonyl (C=O) groups is 2. The summed E-state index contributed by atoms with van der Waals surface area (Å²) >= 11 is 0. The lowest BCUT2D eigenvalue weighted by Gasteiger charge is -2.33. The Hall–Kier alpha value is -2.93. The van der Waals surface area contributed by atoms with Crippen LogP contribution >= 0.6 is 0 Å². The number of pyridine rings is 1. The Morgan fingerprint density at radius 1 is 1.29 bits per heavy atom. The van der Waals surface area contributed by atoms with Gasteiger partial charge in [0.1, 0.15) is 6.04 Å². The number of aliphatic hydroxyl groups is 1. The number of unbranched alkanes of at least 4 members (excludes halogenated alkanes) is 1. The molecule has 0 radical (unpaired) electrons. The first-order valence-corrected chi connectivity index (χ1v) is 9.57. The average Bonchev–Trinajstić information content (AvgIpc) is 2.98. The Labute approximate surface area is 163 Å². The number of hydrogen-bond donors (Lipinski definition) is 3. The summed E-state index contributed by atoms with van der Waals surface area (Å²) in [6.45, 7) is 3.85. The number of aromatic nitrogens is 1. The smallest absolute Gasteiger partial charge is 0.290 e. The maximum Gasteiger partial charge on any atom is 0.290 e. The van der Waals surface area contributed by atoms with Crippen LogP contribution in [0.5, 0.6) is 0 Å². The van der Waals surface area contributed by atoms with Crippen LogP contribution in [-0.4, -0.2) is 38.1 Å². The number of nitrogens with zero attached hydrogens (tertiary/aromatic N) is 2. The summed E-state index contributed by atoms with van der Waals surface area (Å²) in [7, 11) is 0. The number of amides is 2. The van der Waals surface area contributed by atoms with E-state index in [2.05, 4.69) is 4.98 Å². The summed E-state index contributed by atoms with van der Waals surface area (Å²) in [5.74, 6) is -1.57. The van der Waals surface area contributed by atoms with Crippen molar-refractivity contribution in [3.63, 3.8) is 0 Å². The number of carbonyl (C=O) groups excluding carboxylic acids is 2. The fourth-order valence-corrected chi connectivity index (χ4v) is 3.92. The van der Waals surface area contributed by atoms with E-state index in [1.807, 2.05) is 44.2 Å². The molecule has 0 saturated carbocycles. The van der Waals surface area contributed by atoms with Gasteiger partial charge in [-0.25, -0.2) is 5.48 Å². The number of rotatable bonds is 7. The zero-order valence-corrected chi connectivity index (χ0v) is 16.1. The van der Waals surface area contributed by atoms with Crippen LogP contribution in [0.15, 0.2) is 47.9 Å². The molecule has 7 heteroatoms. The van der Waals surface area contributed by atoms with Crippen LogP contribution in [-0.2, 0) is 9.59 Å². The van der Waals surface area contributed by atoms with Crippen LogP contribution < -0.4 is 5.48 Å². The fourth-order valence-electron chi connectivity index (χ4n) is 3.92. The molecule has 3 N–H and O–H groups in total. The lowest BCUT2D eigenvalue weighted by atomic mass is 9.93. The normalized spacial score (nSPS) is 18.0. The fraction of sp³-hybridized carbons (Fsp3) is 0.381. The van der Waals surface area contributed by atoms with Crippen molar-refractivity contribution >= 4 is 22.7 Å². The summed E-state index contributed by atoms with van der Waals surface area (Å²) in [6, 6.07) is 7.90. The zero-order valence-electron chi connectivity index (χ0n) is 16.1. The number of hydrogen-bond acceptors (Lipinski definition) is 5. The van der Waals surface area contributed by atoms with Crippen LogP contribution in [0.1, 0.15) is 51.1 Å². The molecular formula is C21H25N3O4. The molecule has 2 amide bonds. The summed E-state index contributed by atoms with van der Waals surface area (Å²) in [4.78, 5) is 31.2. The summed E-state index contributed by atoms with van der Waals surface area (Å²) < 4.78 is 0. The van der Waals surface area contributed by atoms with Crippen molar-refractivity contribution in [2.75, 3.05) is 0 Å². The first-order valence-electron chi connectivity index (χ1n) is 9.57. The topological polar surface area (TPSA) is 103 Å². The third-order valence-electron chi connectivity index (χ3n) is 5.29. The highest BCUT2D eigenvalue weighted by Gasteiger charge is 2.45. The molecule has 28 heavy (non-hydrogen) atoms. The molecule has 7 nitrogen and oxygen atoms in total. The van der Waals surface area contributed by atoms with Gasteiger partial charge in [0.25, 0.3) is 11.8 Å². The van der Waals surface area contributed by atoms with Gasteiger partial charge in [0.15, 0.2) is 5.76 Å². The third kappa shape index (κ3) is 3.33. The first kappa shape index (κ1) is 19.8. The van der Waals surface area contributed by atoms with Crippen molar-refractivity contribution in [1.82, 2.24) is 15.4 Å². The van der Waals surface area contributed by atoms with Crippen LogP contribution in [0.3, 0.4) is 0 Å². The lowest BCUT2D eigenvalue weighted by Crippen LogP contribution is -2.48.